The van der Waals surface area contributed by atoms with E-state index in [-0.39, 0.29) is 41.3 Å². The Hall–Kier alpha value is -3.84. The third-order valence-corrected chi connectivity index (χ3v) is 6.26. The number of halogens is 11. The number of fused-ring (bicyclic) bond motifs is 1. The normalized spacial score (nSPS) is 17.4. The number of carbonyl (C=O) groups excluding carboxylic acids is 1. The van der Waals surface area contributed by atoms with E-state index < -0.39 is 76.2 Å². The van der Waals surface area contributed by atoms with Gasteiger partial charge in [-0.2, -0.15) is 39.5 Å². The number of anilines is 1. The maximum Gasteiger partial charge on any atom is 0.432 e. The second kappa shape index (κ2) is 9.66. The first-order valence-electron chi connectivity index (χ1n) is 11.3. The molecule has 214 valence electrons. The molecule has 0 radical (unpaired) electrons. The minimum atomic E-state index is -5.50. The number of nitrogens with one attached hydrogen (secondary N) is 1. The van der Waals surface area contributed by atoms with E-state index in [4.69, 9.17) is 4.74 Å². The molecule has 1 atom stereocenters. The highest BCUT2D eigenvalue weighted by Gasteiger charge is 2.62. The number of ether oxygens (including phenoxy) is 1. The van der Waals surface area contributed by atoms with Crippen LogP contribution < -0.4 is 10.1 Å². The first-order chi connectivity index (χ1) is 18.4. The van der Waals surface area contributed by atoms with Gasteiger partial charge in [-0.05, 0) is 47.5 Å². The fourth-order valence-corrected chi connectivity index (χ4v) is 4.25. The average Bonchev–Trinajstić information content (AvgIpc) is 3.24. The molecule has 1 unspecified atom stereocenters. The standard InChI is InChI=1S/C26H16F11NO2/c1-2-22(39)38-20-9-17(18(27)10-19(20)28)12-3-4-21-13(5-12)11-23(40-21,26(35,36)37)14-6-15(24(29,30)31)8-16(7-14)25(32,33)34/h3-10H,2,11H2,1H3,(H,38,39). The Bertz CT molecular complexity index is 1440. The van der Waals surface area contributed by atoms with E-state index in [1.165, 1.54) is 6.92 Å². The van der Waals surface area contributed by atoms with Gasteiger partial charge in [-0.1, -0.05) is 13.0 Å². The van der Waals surface area contributed by atoms with Crippen LogP contribution in [0.25, 0.3) is 11.1 Å². The van der Waals surface area contributed by atoms with E-state index in [9.17, 15) is 53.1 Å². The molecule has 3 nitrogen and oxygen atoms in total. The zero-order chi connectivity index (χ0) is 29.8. The van der Waals surface area contributed by atoms with E-state index in [2.05, 4.69) is 5.32 Å². The van der Waals surface area contributed by atoms with Gasteiger partial charge in [0.1, 0.15) is 17.4 Å². The van der Waals surface area contributed by atoms with Crippen molar-refractivity contribution in [2.45, 2.75) is 43.9 Å². The predicted octanol–water partition coefficient (Wildman–Crippen LogP) is 8.41. The molecule has 0 fully saturated rings. The van der Waals surface area contributed by atoms with Gasteiger partial charge in [0, 0.05) is 30.0 Å². The number of hydrogen-bond acceptors (Lipinski definition) is 2. The van der Waals surface area contributed by atoms with Crippen molar-refractivity contribution in [2.75, 3.05) is 5.32 Å². The maximum atomic E-state index is 14.6. The SMILES string of the molecule is CCC(=O)Nc1cc(-c2ccc3c(c2)CC(c2cc(C(F)(F)F)cc(C(F)(F)F)c2)(C(F)(F)F)O3)c(F)cc1F. The summed E-state index contributed by atoms with van der Waals surface area (Å²) in [4.78, 5) is 11.7. The summed E-state index contributed by atoms with van der Waals surface area (Å²) >= 11 is 0. The number of rotatable bonds is 4. The van der Waals surface area contributed by atoms with Crippen molar-refractivity contribution < 1.29 is 57.8 Å². The van der Waals surface area contributed by atoms with Crippen LogP contribution in [0.1, 0.15) is 35.6 Å². The Morgan fingerprint density at radius 1 is 0.850 bits per heavy atom. The molecule has 14 heteroatoms. The lowest BCUT2D eigenvalue weighted by molar-refractivity contribution is -0.248. The van der Waals surface area contributed by atoms with E-state index >= 15 is 0 Å². The molecule has 0 saturated heterocycles. The molecule has 40 heavy (non-hydrogen) atoms. The van der Waals surface area contributed by atoms with Gasteiger partial charge in [0.15, 0.2) is 0 Å². The van der Waals surface area contributed by atoms with Crippen molar-refractivity contribution in [3.05, 3.63) is 82.4 Å². The molecule has 1 N–H and O–H groups in total. The molecule has 1 amide bonds. The van der Waals surface area contributed by atoms with E-state index in [1.54, 1.807) is 0 Å². The number of hydrogen-bond donors (Lipinski definition) is 1. The van der Waals surface area contributed by atoms with Gasteiger partial charge >= 0.3 is 18.5 Å². The van der Waals surface area contributed by atoms with Crippen LogP contribution in [0, 0.1) is 11.6 Å². The van der Waals surface area contributed by atoms with Crippen molar-refractivity contribution in [1.29, 1.82) is 0 Å². The maximum absolute atomic E-state index is 14.6. The van der Waals surface area contributed by atoms with Gasteiger partial charge in [0.2, 0.25) is 11.5 Å². The van der Waals surface area contributed by atoms with Crippen molar-refractivity contribution in [1.82, 2.24) is 0 Å². The predicted molar refractivity (Wildman–Crippen MR) is 119 cm³/mol. The molecule has 0 aliphatic carbocycles. The highest BCUT2D eigenvalue weighted by Crippen LogP contribution is 2.53. The molecule has 0 bridgehead atoms. The van der Waals surface area contributed by atoms with Crippen LogP contribution in [0.4, 0.5) is 54.0 Å². The Balaban J connectivity index is 1.84. The molecule has 1 heterocycles. The quantitative estimate of drug-likeness (QED) is 0.313. The van der Waals surface area contributed by atoms with E-state index in [1.807, 2.05) is 0 Å². The summed E-state index contributed by atoms with van der Waals surface area (Å²) < 4.78 is 157. The van der Waals surface area contributed by atoms with Crippen LogP contribution in [-0.2, 0) is 29.2 Å². The second-order valence-corrected chi connectivity index (χ2v) is 8.93. The summed E-state index contributed by atoms with van der Waals surface area (Å²) in [6.45, 7) is 1.47. The Morgan fingerprint density at radius 2 is 1.45 bits per heavy atom. The smallest absolute Gasteiger partial charge is 0.432 e. The molecule has 3 aromatic carbocycles. The molecule has 0 spiro atoms. The van der Waals surface area contributed by atoms with Gasteiger partial charge in [-0.25, -0.2) is 8.78 Å². The topological polar surface area (TPSA) is 38.3 Å². The lowest BCUT2D eigenvalue weighted by Crippen LogP contribution is -2.46. The van der Waals surface area contributed by atoms with Gasteiger partial charge in [-0.3, -0.25) is 4.79 Å². The Morgan fingerprint density at radius 3 is 1.98 bits per heavy atom. The van der Waals surface area contributed by atoms with Crippen LogP contribution in [0.15, 0.2) is 48.5 Å². The number of carbonyl (C=O) groups is 1. The summed E-state index contributed by atoms with van der Waals surface area (Å²) in [5, 5.41) is 2.20. The zero-order valence-corrected chi connectivity index (χ0v) is 20.0. The van der Waals surface area contributed by atoms with Gasteiger partial charge in [0.05, 0.1) is 16.8 Å². The van der Waals surface area contributed by atoms with Crippen molar-refractivity contribution in [3.8, 4) is 16.9 Å². The third kappa shape index (κ3) is 5.30. The molecule has 4 rings (SSSR count). The van der Waals surface area contributed by atoms with Crippen LogP contribution in [0.3, 0.4) is 0 Å². The molecular formula is C26H16F11NO2. The van der Waals surface area contributed by atoms with Gasteiger partial charge in [-0.15, -0.1) is 0 Å². The molecule has 1 aliphatic heterocycles. The monoisotopic (exact) mass is 583 g/mol. The summed E-state index contributed by atoms with van der Waals surface area (Å²) in [7, 11) is 0. The molecule has 1 aliphatic rings. The molecule has 3 aromatic rings. The van der Waals surface area contributed by atoms with Crippen LogP contribution in [-0.4, -0.2) is 12.1 Å². The third-order valence-electron chi connectivity index (χ3n) is 6.26. The highest BCUT2D eigenvalue weighted by atomic mass is 19.4. The second-order valence-electron chi connectivity index (χ2n) is 8.93. The largest absolute Gasteiger partial charge is 0.472 e. The lowest BCUT2D eigenvalue weighted by Gasteiger charge is -2.32. The lowest BCUT2D eigenvalue weighted by atomic mass is 9.85. The number of amides is 1. The fraction of sp³-hybridized carbons (Fsp3) is 0.269. The summed E-state index contributed by atoms with van der Waals surface area (Å²) in [5.74, 6) is -3.42. The van der Waals surface area contributed by atoms with E-state index in [0.29, 0.717) is 6.07 Å². The Kier molecular flexibility index (Phi) is 7.04. The minimum Gasteiger partial charge on any atom is -0.472 e. The highest BCUT2D eigenvalue weighted by molar-refractivity contribution is 5.91. The van der Waals surface area contributed by atoms with Gasteiger partial charge in [0.25, 0.3) is 0 Å². The summed E-state index contributed by atoms with van der Waals surface area (Å²) in [6, 6.07) is 3.91. The molecule has 0 saturated carbocycles. The van der Waals surface area contributed by atoms with Crippen molar-refractivity contribution in [2.24, 2.45) is 0 Å². The number of benzene rings is 3. The summed E-state index contributed by atoms with van der Waals surface area (Å²) in [5.41, 5.74) is -10.2. The zero-order valence-electron chi connectivity index (χ0n) is 20.0. The van der Waals surface area contributed by atoms with Crippen molar-refractivity contribution >= 4 is 11.6 Å². The van der Waals surface area contributed by atoms with E-state index in [0.717, 1.165) is 24.3 Å². The van der Waals surface area contributed by atoms with Crippen LogP contribution in [0.2, 0.25) is 0 Å². The van der Waals surface area contributed by atoms with Crippen LogP contribution in [0.5, 0.6) is 5.75 Å². The van der Waals surface area contributed by atoms with Crippen molar-refractivity contribution in [3.63, 3.8) is 0 Å². The fourth-order valence-electron chi connectivity index (χ4n) is 4.25. The Labute approximate surface area is 218 Å². The van der Waals surface area contributed by atoms with Crippen LogP contribution >= 0.6 is 0 Å². The average molecular weight is 583 g/mol. The first kappa shape index (κ1) is 29.2. The molecular weight excluding hydrogens is 567 g/mol. The summed E-state index contributed by atoms with van der Waals surface area (Å²) in [6.07, 6.45) is -17.6. The number of alkyl halides is 9. The molecule has 0 aromatic heterocycles. The first-order valence-corrected chi connectivity index (χ1v) is 11.3. The minimum absolute atomic E-state index is 0.0482. The van der Waals surface area contributed by atoms with Gasteiger partial charge < -0.3 is 10.1 Å².